The van der Waals surface area contributed by atoms with E-state index in [0.29, 0.717) is 19.1 Å². The van der Waals surface area contributed by atoms with Crippen LogP contribution in [0.5, 0.6) is 0 Å². The predicted octanol–water partition coefficient (Wildman–Crippen LogP) is -0.00390. The number of hydrogen-bond acceptors (Lipinski definition) is 3. The molecule has 0 bridgehead atoms. The molecule has 2 N–H and O–H groups in total. The Hall–Kier alpha value is -0.170. The van der Waals surface area contributed by atoms with E-state index in [1.807, 2.05) is 0 Å². The van der Waals surface area contributed by atoms with E-state index >= 15 is 0 Å². The molecule has 6 heteroatoms. The fourth-order valence-corrected chi connectivity index (χ4v) is 2.92. The van der Waals surface area contributed by atoms with Crippen LogP contribution < -0.4 is 5.14 Å². The van der Waals surface area contributed by atoms with Crippen LogP contribution in [0.1, 0.15) is 26.7 Å². The molecule has 0 saturated carbocycles. The molecule has 1 aliphatic heterocycles. The van der Waals surface area contributed by atoms with Gasteiger partial charge >= 0.3 is 0 Å². The van der Waals surface area contributed by atoms with Crippen LogP contribution in [0.3, 0.4) is 0 Å². The topological polar surface area (TPSA) is 66.6 Å². The summed E-state index contributed by atoms with van der Waals surface area (Å²) >= 11 is 0. The van der Waals surface area contributed by atoms with E-state index in [9.17, 15) is 8.42 Å². The van der Waals surface area contributed by atoms with Crippen LogP contribution in [-0.2, 0) is 10.2 Å². The largest absolute Gasteiger partial charge is 0.301 e. The second-order valence-corrected chi connectivity index (χ2v) is 5.44. The number of nitrogens with zero attached hydrogens (tertiary/aromatic N) is 2. The zero-order chi connectivity index (χ0) is 11.5. The fourth-order valence-electron chi connectivity index (χ4n) is 2.20. The van der Waals surface area contributed by atoms with Crippen LogP contribution in [0.25, 0.3) is 0 Å². The van der Waals surface area contributed by atoms with Gasteiger partial charge in [-0.25, -0.2) is 5.14 Å². The molecule has 5 nitrogen and oxygen atoms in total. The first-order chi connectivity index (χ1) is 6.99. The zero-order valence-corrected chi connectivity index (χ0v) is 10.3. The zero-order valence-electron chi connectivity index (χ0n) is 9.52. The molecule has 1 rings (SSSR count). The van der Waals surface area contributed by atoms with Crippen molar-refractivity contribution >= 4 is 10.2 Å². The van der Waals surface area contributed by atoms with E-state index in [4.69, 9.17) is 5.14 Å². The summed E-state index contributed by atoms with van der Waals surface area (Å²) in [6.45, 7) is 7.43. The van der Waals surface area contributed by atoms with Gasteiger partial charge in [-0.1, -0.05) is 13.8 Å². The Morgan fingerprint density at radius 1 is 1.27 bits per heavy atom. The highest BCUT2D eigenvalue weighted by Gasteiger charge is 2.27. The molecule has 0 unspecified atom stereocenters. The first-order valence-electron chi connectivity index (χ1n) is 5.51. The Morgan fingerprint density at radius 2 is 1.73 bits per heavy atom. The molecule has 1 aliphatic rings. The minimum Gasteiger partial charge on any atom is -0.301 e. The van der Waals surface area contributed by atoms with Gasteiger partial charge in [-0.2, -0.15) is 12.7 Å². The second kappa shape index (κ2) is 5.25. The van der Waals surface area contributed by atoms with Crippen LogP contribution in [0.15, 0.2) is 0 Å². The monoisotopic (exact) mass is 235 g/mol. The highest BCUT2D eigenvalue weighted by Crippen LogP contribution is 2.17. The van der Waals surface area contributed by atoms with Gasteiger partial charge in [0.25, 0.3) is 10.2 Å². The summed E-state index contributed by atoms with van der Waals surface area (Å²) in [7, 11) is -3.47. The van der Waals surface area contributed by atoms with Crippen molar-refractivity contribution in [1.29, 1.82) is 0 Å². The molecule has 0 atom stereocenters. The molecule has 1 saturated heterocycles. The molecule has 90 valence electrons. The Kier molecular flexibility index (Phi) is 4.51. The van der Waals surface area contributed by atoms with Crippen LogP contribution in [0.2, 0.25) is 0 Å². The second-order valence-electron chi connectivity index (χ2n) is 3.90. The maximum Gasteiger partial charge on any atom is 0.276 e. The lowest BCUT2D eigenvalue weighted by molar-refractivity contribution is 0.152. The van der Waals surface area contributed by atoms with Gasteiger partial charge < -0.3 is 4.90 Å². The van der Waals surface area contributed by atoms with Gasteiger partial charge in [0.2, 0.25) is 0 Å². The van der Waals surface area contributed by atoms with Crippen molar-refractivity contribution in [3.05, 3.63) is 0 Å². The van der Waals surface area contributed by atoms with Gasteiger partial charge in [0.05, 0.1) is 0 Å². The average Bonchev–Trinajstić information content (AvgIpc) is 2.19. The molecule has 0 amide bonds. The molecule has 0 aliphatic carbocycles. The van der Waals surface area contributed by atoms with Gasteiger partial charge in [0.1, 0.15) is 0 Å². The molecule has 0 radical (unpaired) electrons. The maximum atomic E-state index is 11.1. The van der Waals surface area contributed by atoms with Crippen LogP contribution in [0.4, 0.5) is 0 Å². The summed E-state index contributed by atoms with van der Waals surface area (Å²) in [5, 5.41) is 5.08. The molecule has 0 spiro atoms. The van der Waals surface area contributed by atoms with E-state index in [1.165, 1.54) is 4.31 Å². The number of hydrogen-bond donors (Lipinski definition) is 1. The minimum absolute atomic E-state index is 0.512. The number of nitrogens with two attached hydrogens (primary N) is 1. The van der Waals surface area contributed by atoms with Crippen molar-refractivity contribution in [2.75, 3.05) is 26.2 Å². The molecule has 0 aromatic rings. The van der Waals surface area contributed by atoms with E-state index in [0.717, 1.165) is 25.9 Å². The van der Waals surface area contributed by atoms with Crippen molar-refractivity contribution in [3.8, 4) is 0 Å². The average molecular weight is 235 g/mol. The first kappa shape index (κ1) is 12.9. The Balaban J connectivity index is 2.49. The van der Waals surface area contributed by atoms with Gasteiger partial charge in [-0.15, -0.1) is 0 Å². The molecule has 0 aromatic heterocycles. The third kappa shape index (κ3) is 3.41. The van der Waals surface area contributed by atoms with Gasteiger partial charge in [0.15, 0.2) is 0 Å². The summed E-state index contributed by atoms with van der Waals surface area (Å²) in [5.74, 6) is 0. The van der Waals surface area contributed by atoms with Gasteiger partial charge in [-0.05, 0) is 25.9 Å². The van der Waals surface area contributed by atoms with Crippen LogP contribution in [0, 0.1) is 0 Å². The van der Waals surface area contributed by atoms with E-state index in [-0.39, 0.29) is 0 Å². The maximum absolute atomic E-state index is 11.1. The molecular weight excluding hydrogens is 214 g/mol. The number of piperidine rings is 1. The molecule has 1 heterocycles. The normalized spacial score (nSPS) is 21.1. The van der Waals surface area contributed by atoms with Crippen molar-refractivity contribution in [2.45, 2.75) is 32.7 Å². The fraction of sp³-hybridized carbons (Fsp3) is 1.00. The van der Waals surface area contributed by atoms with Gasteiger partial charge in [-0.3, -0.25) is 0 Å². The third-order valence-corrected chi connectivity index (χ3v) is 4.20. The van der Waals surface area contributed by atoms with E-state index in [2.05, 4.69) is 18.7 Å². The molecular formula is C9H21N3O2S. The van der Waals surface area contributed by atoms with Crippen LogP contribution in [-0.4, -0.2) is 49.8 Å². The first-order valence-corrected chi connectivity index (χ1v) is 7.01. The highest BCUT2D eigenvalue weighted by molar-refractivity contribution is 7.86. The Labute approximate surface area is 92.4 Å². The van der Waals surface area contributed by atoms with E-state index in [1.54, 1.807) is 0 Å². The summed E-state index contributed by atoms with van der Waals surface area (Å²) in [4.78, 5) is 2.38. The minimum atomic E-state index is -3.47. The third-order valence-electron chi connectivity index (χ3n) is 3.11. The summed E-state index contributed by atoms with van der Waals surface area (Å²) in [5.41, 5.74) is 0. The van der Waals surface area contributed by atoms with Crippen molar-refractivity contribution in [2.24, 2.45) is 5.14 Å². The number of rotatable bonds is 4. The van der Waals surface area contributed by atoms with Crippen molar-refractivity contribution in [1.82, 2.24) is 9.21 Å². The SMILES string of the molecule is CCN(CC)C1CCN(S(N)(=O)=O)CC1. The lowest BCUT2D eigenvalue weighted by Crippen LogP contribution is -2.48. The summed E-state index contributed by atoms with van der Waals surface area (Å²) in [6, 6.07) is 0.512. The smallest absolute Gasteiger partial charge is 0.276 e. The van der Waals surface area contributed by atoms with Crippen molar-refractivity contribution < 1.29 is 8.42 Å². The van der Waals surface area contributed by atoms with Crippen molar-refractivity contribution in [3.63, 3.8) is 0 Å². The predicted molar refractivity (Wildman–Crippen MR) is 60.6 cm³/mol. The Bertz CT molecular complexity index is 280. The molecule has 1 fully saturated rings. The lowest BCUT2D eigenvalue weighted by Gasteiger charge is -2.36. The summed E-state index contributed by atoms with van der Waals surface area (Å²) in [6.07, 6.45) is 1.77. The van der Waals surface area contributed by atoms with E-state index < -0.39 is 10.2 Å². The molecule has 0 aromatic carbocycles. The standard InChI is InChI=1S/C9H21N3O2S/c1-3-11(4-2)9-5-7-12(8-6-9)15(10,13)14/h9H,3-8H2,1-2H3,(H2,10,13,14). The summed E-state index contributed by atoms with van der Waals surface area (Å²) < 4.78 is 23.6. The quantitative estimate of drug-likeness (QED) is 0.745. The lowest BCUT2D eigenvalue weighted by atomic mass is 10.1. The van der Waals surface area contributed by atoms with Crippen LogP contribution >= 0.6 is 0 Å². The Morgan fingerprint density at radius 3 is 2.07 bits per heavy atom. The highest BCUT2D eigenvalue weighted by atomic mass is 32.2. The van der Waals surface area contributed by atoms with Gasteiger partial charge in [0, 0.05) is 19.1 Å². The molecule has 15 heavy (non-hydrogen) atoms.